The molecule has 1 unspecified atom stereocenters. The van der Waals surface area contributed by atoms with Gasteiger partial charge in [-0.05, 0) is 55.8 Å². The molecule has 0 aliphatic heterocycles. The highest BCUT2D eigenvalue weighted by Gasteiger charge is 2.15. The molecule has 1 amide bonds. The summed E-state index contributed by atoms with van der Waals surface area (Å²) in [6.07, 6.45) is 0.0289. The van der Waals surface area contributed by atoms with E-state index in [9.17, 15) is 13.2 Å². The Labute approximate surface area is 164 Å². The summed E-state index contributed by atoms with van der Waals surface area (Å²) in [4.78, 5) is 12.2. The Morgan fingerprint density at radius 2 is 1.89 bits per heavy atom. The molecule has 0 spiro atoms. The van der Waals surface area contributed by atoms with Crippen molar-refractivity contribution in [1.82, 2.24) is 10.0 Å². The van der Waals surface area contributed by atoms with Gasteiger partial charge in [0.15, 0.2) is 0 Å². The van der Waals surface area contributed by atoms with E-state index in [4.69, 9.17) is 16.3 Å². The normalized spacial score (nSPS) is 12.4. The summed E-state index contributed by atoms with van der Waals surface area (Å²) in [6.45, 7) is 4.20. The van der Waals surface area contributed by atoms with Crippen LogP contribution in [0, 0.1) is 0 Å². The first-order valence-corrected chi connectivity index (χ1v) is 10.5. The van der Waals surface area contributed by atoms with Crippen LogP contribution in [0.1, 0.15) is 31.9 Å². The molecule has 0 saturated carbocycles. The molecule has 0 fully saturated rings. The SMILES string of the molecule is CCOc1ccc(S(=O)(=O)NCCC(=O)NC(C)c2cccc(Cl)c2)cc1. The molecule has 0 aliphatic carbocycles. The van der Waals surface area contributed by atoms with Crippen molar-refractivity contribution in [3.8, 4) is 5.75 Å². The smallest absolute Gasteiger partial charge is 0.240 e. The van der Waals surface area contributed by atoms with Crippen molar-refractivity contribution in [1.29, 1.82) is 0 Å². The van der Waals surface area contributed by atoms with Gasteiger partial charge in [0.05, 0.1) is 17.5 Å². The lowest BCUT2D eigenvalue weighted by Gasteiger charge is -2.15. The number of hydrogen-bond acceptors (Lipinski definition) is 4. The van der Waals surface area contributed by atoms with Gasteiger partial charge in [-0.2, -0.15) is 0 Å². The van der Waals surface area contributed by atoms with Gasteiger partial charge in [0.2, 0.25) is 15.9 Å². The zero-order chi connectivity index (χ0) is 19.9. The number of amides is 1. The second-order valence-electron chi connectivity index (χ2n) is 5.90. The van der Waals surface area contributed by atoms with E-state index in [-0.39, 0.29) is 29.8 Å². The molecule has 146 valence electrons. The largest absolute Gasteiger partial charge is 0.494 e. The maximum Gasteiger partial charge on any atom is 0.240 e. The van der Waals surface area contributed by atoms with E-state index in [2.05, 4.69) is 10.0 Å². The van der Waals surface area contributed by atoms with Crippen LogP contribution in [0.25, 0.3) is 0 Å². The Bertz CT molecular complexity index is 870. The number of benzene rings is 2. The van der Waals surface area contributed by atoms with Crippen LogP contribution in [-0.2, 0) is 14.8 Å². The molecule has 8 heteroatoms. The molecule has 0 radical (unpaired) electrons. The van der Waals surface area contributed by atoms with Gasteiger partial charge in [0.25, 0.3) is 0 Å². The number of carbonyl (C=O) groups is 1. The van der Waals surface area contributed by atoms with E-state index in [1.807, 2.05) is 26.0 Å². The predicted molar refractivity (Wildman–Crippen MR) is 105 cm³/mol. The van der Waals surface area contributed by atoms with Crippen LogP contribution in [0.15, 0.2) is 53.4 Å². The van der Waals surface area contributed by atoms with Crippen molar-refractivity contribution in [2.75, 3.05) is 13.2 Å². The number of sulfonamides is 1. The van der Waals surface area contributed by atoms with Crippen LogP contribution in [0.4, 0.5) is 0 Å². The van der Waals surface area contributed by atoms with Crippen LogP contribution in [0.5, 0.6) is 5.75 Å². The van der Waals surface area contributed by atoms with E-state index in [1.54, 1.807) is 24.3 Å². The van der Waals surface area contributed by atoms with Crippen molar-refractivity contribution in [2.24, 2.45) is 0 Å². The van der Waals surface area contributed by atoms with Crippen molar-refractivity contribution in [3.05, 3.63) is 59.1 Å². The fourth-order valence-corrected chi connectivity index (χ4v) is 3.67. The zero-order valence-electron chi connectivity index (χ0n) is 15.2. The Kier molecular flexibility index (Phi) is 7.65. The van der Waals surface area contributed by atoms with Gasteiger partial charge < -0.3 is 10.1 Å². The Morgan fingerprint density at radius 3 is 2.52 bits per heavy atom. The molecule has 0 aromatic heterocycles. The molecule has 0 bridgehead atoms. The fourth-order valence-electron chi connectivity index (χ4n) is 2.44. The van der Waals surface area contributed by atoms with Crippen LogP contribution < -0.4 is 14.8 Å². The highest BCUT2D eigenvalue weighted by atomic mass is 35.5. The Morgan fingerprint density at radius 1 is 1.19 bits per heavy atom. The molecule has 2 rings (SSSR count). The monoisotopic (exact) mass is 410 g/mol. The van der Waals surface area contributed by atoms with Crippen LogP contribution in [0.2, 0.25) is 5.02 Å². The average Bonchev–Trinajstić information content (AvgIpc) is 2.62. The van der Waals surface area contributed by atoms with Crippen LogP contribution >= 0.6 is 11.6 Å². The molecule has 27 heavy (non-hydrogen) atoms. The van der Waals surface area contributed by atoms with E-state index < -0.39 is 10.0 Å². The second-order valence-corrected chi connectivity index (χ2v) is 8.10. The molecule has 0 saturated heterocycles. The van der Waals surface area contributed by atoms with Crippen molar-refractivity contribution in [2.45, 2.75) is 31.2 Å². The quantitative estimate of drug-likeness (QED) is 0.664. The first kappa shape index (κ1) is 21.2. The minimum atomic E-state index is -3.68. The van der Waals surface area contributed by atoms with Gasteiger partial charge in [-0.25, -0.2) is 13.1 Å². The van der Waals surface area contributed by atoms with E-state index in [0.29, 0.717) is 17.4 Å². The number of carbonyl (C=O) groups excluding carboxylic acids is 1. The predicted octanol–water partition coefficient (Wildman–Crippen LogP) is 3.28. The zero-order valence-corrected chi connectivity index (χ0v) is 16.8. The number of halogens is 1. The lowest BCUT2D eigenvalue weighted by atomic mass is 10.1. The first-order chi connectivity index (χ1) is 12.8. The molecule has 0 aliphatic rings. The maximum atomic E-state index is 12.3. The highest BCUT2D eigenvalue weighted by Crippen LogP contribution is 2.18. The third-order valence-electron chi connectivity index (χ3n) is 3.82. The Balaban J connectivity index is 1.84. The van der Waals surface area contributed by atoms with Gasteiger partial charge in [0, 0.05) is 18.0 Å². The molecular weight excluding hydrogens is 388 g/mol. The molecular formula is C19H23ClN2O4S. The van der Waals surface area contributed by atoms with E-state index in [1.165, 1.54) is 12.1 Å². The van der Waals surface area contributed by atoms with Crippen LogP contribution in [-0.4, -0.2) is 27.5 Å². The molecule has 1 atom stereocenters. The number of rotatable bonds is 9. The maximum absolute atomic E-state index is 12.3. The average molecular weight is 411 g/mol. The highest BCUT2D eigenvalue weighted by molar-refractivity contribution is 7.89. The molecule has 2 N–H and O–H groups in total. The summed E-state index contributed by atoms with van der Waals surface area (Å²) < 4.78 is 32.3. The second kappa shape index (κ2) is 9.73. The number of hydrogen-bond donors (Lipinski definition) is 2. The first-order valence-electron chi connectivity index (χ1n) is 8.59. The van der Waals surface area contributed by atoms with Gasteiger partial charge in [-0.3, -0.25) is 4.79 Å². The minimum Gasteiger partial charge on any atom is -0.494 e. The van der Waals surface area contributed by atoms with Crippen molar-refractivity contribution >= 4 is 27.5 Å². The molecule has 2 aromatic carbocycles. The van der Waals surface area contributed by atoms with E-state index >= 15 is 0 Å². The fraction of sp³-hybridized carbons (Fsp3) is 0.316. The molecule has 0 heterocycles. The van der Waals surface area contributed by atoms with E-state index in [0.717, 1.165) is 5.56 Å². The van der Waals surface area contributed by atoms with Crippen LogP contribution in [0.3, 0.4) is 0 Å². The lowest BCUT2D eigenvalue weighted by molar-refractivity contribution is -0.121. The van der Waals surface area contributed by atoms with Gasteiger partial charge in [-0.1, -0.05) is 23.7 Å². The third-order valence-corrected chi connectivity index (χ3v) is 5.53. The standard InChI is InChI=1S/C19H23ClN2O4S/c1-3-26-17-7-9-18(10-8-17)27(24,25)21-12-11-19(23)22-14(2)15-5-4-6-16(20)13-15/h4-10,13-14,21H,3,11-12H2,1-2H3,(H,22,23). The topological polar surface area (TPSA) is 84.5 Å². The molecule has 6 nitrogen and oxygen atoms in total. The van der Waals surface area contributed by atoms with Gasteiger partial charge in [0.1, 0.15) is 5.75 Å². The summed E-state index contributed by atoms with van der Waals surface area (Å²) in [6, 6.07) is 13.1. The Hall–Kier alpha value is -2.09. The summed E-state index contributed by atoms with van der Waals surface area (Å²) in [5.74, 6) is 0.350. The molecule has 2 aromatic rings. The third kappa shape index (κ3) is 6.53. The van der Waals surface area contributed by atoms with Crippen molar-refractivity contribution < 1.29 is 17.9 Å². The summed E-state index contributed by atoms with van der Waals surface area (Å²) in [7, 11) is -3.68. The minimum absolute atomic E-state index is 0.00362. The number of ether oxygens (including phenoxy) is 1. The summed E-state index contributed by atoms with van der Waals surface area (Å²) in [5.41, 5.74) is 0.880. The number of nitrogens with one attached hydrogen (secondary N) is 2. The van der Waals surface area contributed by atoms with Crippen molar-refractivity contribution in [3.63, 3.8) is 0 Å². The summed E-state index contributed by atoms with van der Waals surface area (Å²) in [5, 5.41) is 3.42. The van der Waals surface area contributed by atoms with Gasteiger partial charge >= 0.3 is 0 Å². The van der Waals surface area contributed by atoms with Gasteiger partial charge in [-0.15, -0.1) is 0 Å². The lowest BCUT2D eigenvalue weighted by Crippen LogP contribution is -2.32. The summed E-state index contributed by atoms with van der Waals surface area (Å²) >= 11 is 5.95.